The van der Waals surface area contributed by atoms with Crippen LogP contribution in [0.15, 0.2) is 54.7 Å². The van der Waals surface area contributed by atoms with Crippen molar-refractivity contribution in [2.75, 3.05) is 23.0 Å². The highest BCUT2D eigenvalue weighted by Gasteiger charge is 2.13. The van der Waals surface area contributed by atoms with Gasteiger partial charge in [-0.05, 0) is 23.8 Å². The maximum atomic E-state index is 11.7. The van der Waals surface area contributed by atoms with Crippen LogP contribution in [0.5, 0.6) is 0 Å². The summed E-state index contributed by atoms with van der Waals surface area (Å²) in [6.07, 6.45) is 1.35. The molecule has 0 aliphatic carbocycles. The van der Waals surface area contributed by atoms with Crippen molar-refractivity contribution in [2.24, 2.45) is 5.73 Å². The van der Waals surface area contributed by atoms with Crippen LogP contribution in [0.1, 0.15) is 15.9 Å². The molecule has 3 amide bonds. The van der Waals surface area contributed by atoms with Gasteiger partial charge >= 0.3 is 6.03 Å². The van der Waals surface area contributed by atoms with E-state index in [2.05, 4.69) is 31.2 Å². The van der Waals surface area contributed by atoms with E-state index < -0.39 is 11.9 Å². The molecule has 154 valence electrons. The van der Waals surface area contributed by atoms with Gasteiger partial charge in [0.1, 0.15) is 5.82 Å². The number of nitrogens with one attached hydrogen (secondary N) is 4. The summed E-state index contributed by atoms with van der Waals surface area (Å²) in [5.74, 6) is -0.0917. The molecule has 9 nitrogen and oxygen atoms in total. The van der Waals surface area contributed by atoms with Crippen LogP contribution >= 0.6 is 11.6 Å². The fraction of sp³-hybridized carbons (Fsp3) is 0.100. The molecule has 0 saturated heterocycles. The number of anilines is 4. The van der Waals surface area contributed by atoms with Crippen LogP contribution in [0.2, 0.25) is 5.02 Å². The van der Waals surface area contributed by atoms with Crippen LogP contribution in [-0.2, 0) is 6.54 Å². The smallest absolute Gasteiger partial charge is 0.319 e. The average Bonchev–Trinajstić information content (AvgIpc) is 2.75. The van der Waals surface area contributed by atoms with E-state index >= 15 is 0 Å². The molecule has 0 atom stereocenters. The zero-order valence-electron chi connectivity index (χ0n) is 16.1. The summed E-state index contributed by atoms with van der Waals surface area (Å²) in [7, 11) is 1.50. The second-order valence-corrected chi connectivity index (χ2v) is 6.59. The van der Waals surface area contributed by atoms with Gasteiger partial charge in [-0.15, -0.1) is 0 Å². The number of nitrogens with zero attached hydrogens (tertiary/aromatic N) is 2. The fourth-order valence-corrected chi connectivity index (χ4v) is 2.72. The molecule has 0 aliphatic rings. The predicted octanol–water partition coefficient (Wildman–Crippen LogP) is 3.34. The van der Waals surface area contributed by atoms with E-state index in [0.29, 0.717) is 28.8 Å². The van der Waals surface area contributed by atoms with Crippen molar-refractivity contribution >= 4 is 46.7 Å². The quantitative estimate of drug-likeness (QED) is 0.394. The van der Waals surface area contributed by atoms with Crippen molar-refractivity contribution in [2.45, 2.75) is 6.54 Å². The molecule has 0 bridgehead atoms. The summed E-state index contributed by atoms with van der Waals surface area (Å²) >= 11 is 6.12. The number of primary amides is 1. The van der Waals surface area contributed by atoms with Crippen molar-refractivity contribution in [3.05, 3.63) is 70.9 Å². The first-order chi connectivity index (χ1) is 14.5. The molecule has 1 aromatic heterocycles. The number of aromatic nitrogens is 2. The lowest BCUT2D eigenvalue weighted by atomic mass is 10.2. The first-order valence-electron chi connectivity index (χ1n) is 8.96. The first kappa shape index (κ1) is 20.9. The molecular weight excluding hydrogens is 406 g/mol. The highest BCUT2D eigenvalue weighted by atomic mass is 35.5. The largest absolute Gasteiger partial charge is 0.365 e. The van der Waals surface area contributed by atoms with Gasteiger partial charge in [0, 0.05) is 25.5 Å². The molecule has 30 heavy (non-hydrogen) atoms. The zero-order valence-corrected chi connectivity index (χ0v) is 16.8. The van der Waals surface area contributed by atoms with Gasteiger partial charge in [-0.25, -0.2) is 9.78 Å². The van der Waals surface area contributed by atoms with E-state index in [0.717, 1.165) is 5.56 Å². The van der Waals surface area contributed by atoms with Crippen LogP contribution < -0.4 is 27.0 Å². The minimum Gasteiger partial charge on any atom is -0.365 e. The Morgan fingerprint density at radius 2 is 1.90 bits per heavy atom. The maximum Gasteiger partial charge on any atom is 0.319 e. The Balaban J connectivity index is 1.82. The van der Waals surface area contributed by atoms with Gasteiger partial charge in [-0.3, -0.25) is 4.79 Å². The molecule has 3 rings (SSSR count). The number of carbonyl (C=O) groups is 2. The first-order valence-corrected chi connectivity index (χ1v) is 9.34. The number of hydrogen-bond acceptors (Lipinski definition) is 6. The maximum absolute atomic E-state index is 11.7. The average molecular weight is 426 g/mol. The third-order valence-corrected chi connectivity index (χ3v) is 4.38. The molecule has 0 spiro atoms. The van der Waals surface area contributed by atoms with E-state index in [1.165, 1.54) is 13.2 Å². The number of amides is 3. The summed E-state index contributed by atoms with van der Waals surface area (Å²) in [5.41, 5.74) is 7.64. The highest BCUT2D eigenvalue weighted by Crippen LogP contribution is 2.27. The fourth-order valence-electron chi connectivity index (χ4n) is 2.55. The van der Waals surface area contributed by atoms with E-state index in [-0.39, 0.29) is 11.5 Å². The standard InChI is InChI=1S/C20H20ClN7O2/c1-23-20(30)27-16-9-13(7-8-15(16)21)26-19-25-11-14(17(22)29)18(28-19)24-10-12-5-3-2-4-6-12/h2-9,11H,10H2,1H3,(H2,22,29)(H2,23,27,30)(H2,24,25,26,28). The Bertz CT molecular complexity index is 1060. The molecule has 0 unspecified atom stereocenters. The van der Waals surface area contributed by atoms with Gasteiger partial charge in [0.2, 0.25) is 5.95 Å². The normalized spacial score (nSPS) is 10.2. The van der Waals surface area contributed by atoms with Crippen LogP contribution in [0.3, 0.4) is 0 Å². The second kappa shape index (κ2) is 9.57. The number of rotatable bonds is 7. The third-order valence-electron chi connectivity index (χ3n) is 4.05. The summed E-state index contributed by atoms with van der Waals surface area (Å²) in [6.45, 7) is 0.457. The lowest BCUT2D eigenvalue weighted by molar-refractivity contribution is 0.100. The van der Waals surface area contributed by atoms with Gasteiger partial charge in [0.25, 0.3) is 5.91 Å². The highest BCUT2D eigenvalue weighted by molar-refractivity contribution is 6.33. The molecule has 0 saturated carbocycles. The van der Waals surface area contributed by atoms with E-state index in [4.69, 9.17) is 17.3 Å². The second-order valence-electron chi connectivity index (χ2n) is 6.18. The van der Waals surface area contributed by atoms with Gasteiger partial charge in [-0.1, -0.05) is 41.9 Å². The van der Waals surface area contributed by atoms with Crippen LogP contribution in [0.4, 0.5) is 27.9 Å². The van der Waals surface area contributed by atoms with Crippen LogP contribution in [0.25, 0.3) is 0 Å². The third kappa shape index (κ3) is 5.36. The Kier molecular flexibility index (Phi) is 6.66. The summed E-state index contributed by atoms with van der Waals surface area (Å²) in [4.78, 5) is 31.8. The Morgan fingerprint density at radius 1 is 1.13 bits per heavy atom. The van der Waals surface area contributed by atoms with Crippen molar-refractivity contribution in [1.29, 1.82) is 0 Å². The van der Waals surface area contributed by atoms with Crippen molar-refractivity contribution in [3.8, 4) is 0 Å². The molecule has 0 fully saturated rings. The Labute approximate surface area is 178 Å². The number of benzene rings is 2. The number of halogens is 1. The number of urea groups is 1. The lowest BCUT2D eigenvalue weighted by Crippen LogP contribution is -2.24. The monoisotopic (exact) mass is 425 g/mol. The van der Waals surface area contributed by atoms with Crippen molar-refractivity contribution in [1.82, 2.24) is 15.3 Å². The van der Waals surface area contributed by atoms with Crippen molar-refractivity contribution < 1.29 is 9.59 Å². The van der Waals surface area contributed by atoms with Crippen molar-refractivity contribution in [3.63, 3.8) is 0 Å². The molecule has 1 heterocycles. The molecule has 2 aromatic carbocycles. The zero-order chi connectivity index (χ0) is 21.5. The number of carbonyl (C=O) groups excluding carboxylic acids is 2. The van der Waals surface area contributed by atoms with E-state index in [1.807, 2.05) is 30.3 Å². The SMILES string of the molecule is CNC(=O)Nc1cc(Nc2ncc(C(N)=O)c(NCc3ccccc3)n2)ccc1Cl. The molecule has 6 N–H and O–H groups in total. The van der Waals surface area contributed by atoms with Crippen LogP contribution in [-0.4, -0.2) is 29.0 Å². The van der Waals surface area contributed by atoms with E-state index in [1.54, 1.807) is 18.2 Å². The molecule has 0 aliphatic heterocycles. The minimum absolute atomic E-state index is 0.176. The number of hydrogen-bond donors (Lipinski definition) is 5. The summed E-state index contributed by atoms with van der Waals surface area (Å²) < 4.78 is 0. The minimum atomic E-state index is -0.638. The molecule has 10 heteroatoms. The lowest BCUT2D eigenvalue weighted by Gasteiger charge is -2.13. The van der Waals surface area contributed by atoms with Gasteiger partial charge < -0.3 is 27.0 Å². The summed E-state index contributed by atoms with van der Waals surface area (Å²) in [6, 6.07) is 14.2. The molecule has 3 aromatic rings. The summed E-state index contributed by atoms with van der Waals surface area (Å²) in [5, 5.41) is 11.6. The molecule has 0 radical (unpaired) electrons. The van der Waals surface area contributed by atoms with E-state index in [9.17, 15) is 9.59 Å². The predicted molar refractivity (Wildman–Crippen MR) is 117 cm³/mol. The Morgan fingerprint density at radius 3 is 2.60 bits per heavy atom. The van der Waals surface area contributed by atoms with Gasteiger partial charge in [0.05, 0.1) is 16.3 Å². The topological polar surface area (TPSA) is 134 Å². The number of nitrogens with two attached hydrogens (primary N) is 1. The van der Waals surface area contributed by atoms with Crippen LogP contribution in [0, 0.1) is 0 Å². The van der Waals surface area contributed by atoms with Gasteiger partial charge in [-0.2, -0.15) is 4.98 Å². The van der Waals surface area contributed by atoms with Gasteiger partial charge in [0.15, 0.2) is 0 Å². The Hall–Kier alpha value is -3.85. The molecular formula is C20H20ClN7O2.